The summed E-state index contributed by atoms with van der Waals surface area (Å²) < 4.78 is 364. The van der Waals surface area contributed by atoms with Gasteiger partial charge in [-0.1, -0.05) is 484 Å². The maximum absolute atomic E-state index is 9.38. The monoisotopic (exact) mass is 1860 g/mol. The topological polar surface area (TPSA) is 39.4 Å². The van der Waals surface area contributed by atoms with E-state index < -0.39 is 169 Å². The van der Waals surface area contributed by atoms with Gasteiger partial charge in [0.25, 0.3) is 0 Å². The summed E-state index contributed by atoms with van der Waals surface area (Å²) >= 11 is 0. The van der Waals surface area contributed by atoms with E-state index in [1.807, 2.05) is 200 Å². The zero-order valence-electron chi connectivity index (χ0n) is 114. The Labute approximate surface area is 881 Å². The van der Waals surface area contributed by atoms with E-state index >= 15 is 0 Å². The molecule has 666 valence electrons. The normalized spacial score (nSPS) is 15.5. The summed E-state index contributed by atoms with van der Waals surface area (Å²) in [7, 11) is 0. The van der Waals surface area contributed by atoms with Crippen LogP contribution in [0.25, 0.3) is 286 Å². The Morgan fingerprint density at radius 3 is 0.818 bits per heavy atom. The van der Waals surface area contributed by atoms with E-state index in [0.29, 0.717) is 116 Å². The van der Waals surface area contributed by atoms with E-state index in [9.17, 15) is 16.4 Å². The molecule has 0 bridgehead atoms. The lowest BCUT2D eigenvalue weighted by molar-refractivity contribution is 0.668. The van der Waals surface area contributed by atoms with Crippen LogP contribution in [0.2, 0.25) is 0 Å². The van der Waals surface area contributed by atoms with Crippen LogP contribution >= 0.6 is 0 Å². The zero-order valence-corrected chi connectivity index (χ0v) is 75.0. The van der Waals surface area contributed by atoms with Crippen LogP contribution in [0.3, 0.4) is 0 Å². The van der Waals surface area contributed by atoms with Crippen LogP contribution < -0.4 is 0 Å². The molecule has 0 radical (unpaired) electrons. The average Bonchev–Trinajstić information content (AvgIpc) is 1.04. The van der Waals surface area contributed by atoms with Gasteiger partial charge in [0.15, 0.2) is 0 Å². The molecule has 143 heavy (non-hydrogen) atoms. The number of hydrogen-bond donors (Lipinski definition) is 0. The van der Waals surface area contributed by atoms with Gasteiger partial charge in [0, 0.05) is 43.4 Å². The molecule has 3 heteroatoms. The van der Waals surface area contributed by atoms with Gasteiger partial charge in [0.2, 0.25) is 0 Å². The maximum atomic E-state index is 9.38. The molecule has 0 spiro atoms. The van der Waals surface area contributed by atoms with Crippen molar-refractivity contribution >= 4 is 152 Å². The van der Waals surface area contributed by atoms with E-state index in [4.69, 9.17) is 50.3 Å². The summed E-state index contributed by atoms with van der Waals surface area (Å²) in [5, 5.41) is 8.06. The van der Waals surface area contributed by atoms with Crippen molar-refractivity contribution in [2.24, 2.45) is 0 Å². The van der Waals surface area contributed by atoms with Gasteiger partial charge in [-0.25, -0.2) is 0 Å². The first-order chi connectivity index (χ1) is 87.1. The van der Waals surface area contributed by atoms with Crippen molar-refractivity contribution in [3.05, 3.63) is 533 Å². The smallest absolute Gasteiger partial charge is 0.136 e. The van der Waals surface area contributed by atoms with Gasteiger partial charge in [-0.05, 0) is 257 Å². The molecule has 26 aromatic carbocycles. The summed E-state index contributed by atoms with van der Waals surface area (Å²) in [5.74, 6) is 0. The molecule has 0 fully saturated rings. The minimum atomic E-state index is -0.755. The molecule has 0 aliphatic rings. The highest BCUT2D eigenvalue weighted by Crippen LogP contribution is 2.53. The molecular weight excluding hydrogens is 1730 g/mol. The maximum Gasteiger partial charge on any atom is 0.136 e. The minimum Gasteiger partial charge on any atom is -0.456 e. The van der Waals surface area contributed by atoms with Crippen LogP contribution in [0, 0.1) is 0 Å². The fourth-order valence-corrected chi connectivity index (χ4v) is 20.4. The Bertz CT molecular complexity index is 12300. The van der Waals surface area contributed by atoms with Crippen molar-refractivity contribution in [3.8, 4) is 134 Å². The van der Waals surface area contributed by atoms with Gasteiger partial charge in [-0.2, -0.15) is 0 Å². The Balaban J connectivity index is 0.000000129. The van der Waals surface area contributed by atoms with Crippen LogP contribution in [0.5, 0.6) is 0 Å². The Morgan fingerprint density at radius 1 is 0.126 bits per heavy atom. The molecule has 0 N–H and O–H groups in total. The zero-order chi connectivity index (χ0) is 128. The van der Waals surface area contributed by atoms with Gasteiger partial charge in [0.1, 0.15) is 33.5 Å². The minimum absolute atomic E-state index is 0.0137. The lowest BCUT2D eigenvalue weighted by atomic mass is 9.84. The number of furan rings is 3. The molecule has 29 rings (SSSR count). The molecule has 3 nitrogen and oxygen atoms in total. The second kappa shape index (κ2) is 35.3. The third-order valence-corrected chi connectivity index (χ3v) is 26.6. The predicted molar refractivity (Wildman–Crippen MR) is 606 cm³/mol. The van der Waals surface area contributed by atoms with Crippen LogP contribution in [0.1, 0.15) is 53.5 Å². The van der Waals surface area contributed by atoms with E-state index in [0.717, 1.165) is 60.0 Å². The van der Waals surface area contributed by atoms with E-state index in [2.05, 4.69) is 6.07 Å². The van der Waals surface area contributed by atoms with Crippen molar-refractivity contribution < 1.29 is 66.7 Å². The lowest BCUT2D eigenvalue weighted by Gasteiger charge is -2.19. The fraction of sp³-hybridized carbons (Fsp3) is 0. The van der Waals surface area contributed by atoms with Gasteiger partial charge >= 0.3 is 0 Å². The van der Waals surface area contributed by atoms with Gasteiger partial charge in [-0.15, -0.1) is 0 Å². The number of fused-ring (bicyclic) bond motifs is 17. The van der Waals surface area contributed by atoms with Crippen molar-refractivity contribution in [2.75, 3.05) is 0 Å². The first-order valence-electron chi connectivity index (χ1n) is 65.4. The highest BCUT2D eigenvalue weighted by molar-refractivity contribution is 6.28. The van der Waals surface area contributed by atoms with E-state index in [-0.39, 0.29) is 176 Å². The summed E-state index contributed by atoms with van der Waals surface area (Å²) in [6.07, 6.45) is 0. The molecule has 0 saturated carbocycles. The highest BCUT2D eigenvalue weighted by atomic mass is 16.3. The number of hydrogen-bond acceptors (Lipinski definition) is 3. The Hall–Kier alpha value is -18.8. The first-order valence-corrected chi connectivity index (χ1v) is 45.9. The van der Waals surface area contributed by atoms with Crippen LogP contribution in [0.15, 0.2) is 546 Å². The second-order valence-electron chi connectivity index (χ2n) is 34.3. The van der Waals surface area contributed by atoms with Crippen molar-refractivity contribution in [1.82, 2.24) is 0 Å². The predicted octanol–water partition coefficient (Wildman–Crippen LogP) is 40.0. The second-order valence-corrected chi connectivity index (χ2v) is 34.3. The number of benzene rings is 26. The number of rotatable bonds is 12. The first kappa shape index (κ1) is 52.7. The molecule has 29 aromatic rings. The number of para-hydroxylation sites is 3. The van der Waals surface area contributed by atoms with E-state index in [1.165, 1.54) is 0 Å². The van der Waals surface area contributed by atoms with Gasteiger partial charge < -0.3 is 13.3 Å². The molecule has 0 saturated heterocycles. The van der Waals surface area contributed by atoms with Crippen molar-refractivity contribution in [2.45, 2.75) is 0 Å². The van der Waals surface area contributed by atoms with Crippen molar-refractivity contribution in [1.29, 1.82) is 0 Å². The molecular formula is C140H88O3. The van der Waals surface area contributed by atoms with Crippen LogP contribution in [-0.4, -0.2) is 0 Å². The largest absolute Gasteiger partial charge is 0.456 e. The third kappa shape index (κ3) is 14.5. The Kier molecular flexibility index (Phi) is 13.0. The SMILES string of the molecule is [2H]c1c([2H])c([2H])c(-c2c(-c3ccc(-c4c5c([2H])c([2H])c([2H])c([2H])c5c(-c5cccc6ccccc56)c5c([2H])c([2H])c([2H])c([2H])c45)cc3)ccc3oc4ccccc4c23)c([2H])c1[2H].[2H]c1c([2H])c([2H])c(-c2cccc(-c3ccc4oc5ccccc5c4c3-c3ccc(-c4c5c([2H])c([2H])c([2H])c([2H])c5c(-c5c([2H])c([2H])c([2H])c([2H])c5[2H])c5c([2H])c([2H])c([2H])c([2H])c45)cc3)c2)c([2H])c1[2H].[2H]c1c([2H])c([2H])c2c(-c3cccc4ccccc34)c3c([2H])c([2H])c([2H])c([2H])c3c(-c3ccc(-c4ccc5oc6ccccc6c5c4)cc3)c2c1[2H]. The lowest BCUT2D eigenvalue weighted by Crippen LogP contribution is -1.92. The standard InChI is InChI=1S/C50H32O.C48H30O.C42H26O/c1-3-14-33(15-4-1)37-18-13-19-38(32-37)39-30-31-46-50(44-24-11-12-25-45(44)51-46)49(39)36-28-26-35(27-29-36)48-42-22-9-7-20-40(42)47(34-16-5-2-6-17-34)41-21-8-10-23-43(41)48;1-2-14-33(15-3-1)46-36(29-30-44-48(46)42-22-10-11-24-43(42)49-44)32-25-27-34(28-26-32)45-38-18-6-8-20-40(38)47(41-21-9-7-19-39(41)45)37-23-12-16-31-13-4-5-17-35(31)37;1-2-12-31-28(10-1)11-9-18-33(31)42-36-16-5-3-14-34(36)41(35-15-4-6-17-37(35)42)29-22-20-27(21-23-29)30-24-25-40-38(26-30)32-13-7-8-19-39(32)43-40/h1-32H;1-30H;1-26H/i1D,2D,3D,4D,5D,6D,7D,8D,9D,10D,14D,15D,16D,17D,20D,21D,22D,23D;1D,2D,3D,6D,7D,8D,9D,14D,15D,18D,19D,20D,21D;3D,4D,5D,6D,14D,15D,16D,17D. The average molecular weight is 1860 g/mol. The van der Waals surface area contributed by atoms with E-state index in [1.54, 1.807) is 91.0 Å². The fourth-order valence-electron chi connectivity index (χ4n) is 20.4. The molecule has 0 aliphatic carbocycles. The highest BCUT2D eigenvalue weighted by Gasteiger charge is 2.26. The van der Waals surface area contributed by atoms with Gasteiger partial charge in [-0.3, -0.25) is 0 Å². The van der Waals surface area contributed by atoms with Gasteiger partial charge in [0.05, 0.1) is 53.5 Å². The van der Waals surface area contributed by atoms with Crippen molar-refractivity contribution in [3.63, 3.8) is 0 Å². The molecule has 0 aliphatic heterocycles. The summed E-state index contributed by atoms with van der Waals surface area (Å²) in [6, 6.07) is 70.4. The molecule has 0 atom stereocenters. The third-order valence-electron chi connectivity index (χ3n) is 26.6. The summed E-state index contributed by atoms with van der Waals surface area (Å²) in [5.41, 5.74) is 12.5. The molecule has 3 aromatic heterocycles. The summed E-state index contributed by atoms with van der Waals surface area (Å²) in [6.45, 7) is 0. The molecule has 3 heterocycles. The van der Waals surface area contributed by atoms with Crippen LogP contribution in [-0.2, 0) is 0 Å². The molecule has 0 amide bonds. The summed E-state index contributed by atoms with van der Waals surface area (Å²) in [4.78, 5) is 0. The Morgan fingerprint density at radius 2 is 0.392 bits per heavy atom. The quantitative estimate of drug-likeness (QED) is 0.114. The molecule has 0 unspecified atom stereocenters. The van der Waals surface area contributed by atoms with Crippen LogP contribution in [0.4, 0.5) is 0 Å².